The third-order valence-corrected chi connectivity index (χ3v) is 1.65. The first-order valence-electron chi connectivity index (χ1n) is 3.85. The quantitative estimate of drug-likeness (QED) is 0.326. The Morgan fingerprint density at radius 2 is 1.81 bits per heavy atom. The summed E-state index contributed by atoms with van der Waals surface area (Å²) in [6.45, 7) is 4.76. The Labute approximate surface area is 96.5 Å². The highest BCUT2D eigenvalue weighted by Crippen LogP contribution is 2.35. The van der Waals surface area contributed by atoms with Crippen LogP contribution >= 0.6 is 7.82 Å². The smallest absolute Gasteiger partial charge is 0.462 e. The van der Waals surface area contributed by atoms with Crippen LogP contribution in [0.15, 0.2) is 12.2 Å². The van der Waals surface area contributed by atoms with Crippen LogP contribution in [0.2, 0.25) is 0 Å². The molecule has 0 aliphatic carbocycles. The number of rotatable bonds is 6. The molecule has 0 aliphatic rings. The van der Waals surface area contributed by atoms with Crippen LogP contribution in [0.1, 0.15) is 28.2 Å². The molecule has 0 saturated carbocycles. The molecule has 0 bridgehead atoms. The van der Waals surface area contributed by atoms with Crippen molar-refractivity contribution in [2.45, 2.75) is 28.2 Å². The molecule has 98 valence electrons. The maximum Gasteiger partial charge on any atom is 0.469 e. The van der Waals surface area contributed by atoms with Gasteiger partial charge in [-0.3, -0.25) is 4.52 Å². The second-order valence-corrected chi connectivity index (χ2v) is 3.83. The number of hydrogen-bond donors (Lipinski definition) is 2. The second-order valence-electron chi connectivity index (χ2n) is 2.59. The van der Waals surface area contributed by atoms with Crippen LogP contribution in [0.3, 0.4) is 0 Å². The number of hydrogen-bond acceptors (Lipinski definition) is 4. The van der Waals surface area contributed by atoms with E-state index in [-0.39, 0.29) is 40.1 Å². The van der Waals surface area contributed by atoms with Gasteiger partial charge in [0.05, 0.1) is 13.2 Å². The zero-order chi connectivity index (χ0) is 11.2. The normalized spacial score (nSPS) is 9.69. The van der Waals surface area contributed by atoms with Gasteiger partial charge < -0.3 is 14.5 Å². The summed E-state index contributed by atoms with van der Waals surface area (Å²) in [5, 5.41) is 0. The van der Waals surface area contributed by atoms with Crippen LogP contribution in [0, 0.1) is 0 Å². The summed E-state index contributed by atoms with van der Waals surface area (Å²) in [5.41, 5.74) is 0.279. The van der Waals surface area contributed by atoms with Crippen LogP contribution in [0.5, 0.6) is 0 Å². The average molecular weight is 256 g/mol. The van der Waals surface area contributed by atoms with Gasteiger partial charge in [-0.25, -0.2) is 9.36 Å². The SMILES string of the molecule is C.C.C=C(C)C(=O)OCCCOP(=O)(O)O. The average Bonchev–Trinajstić information content (AvgIpc) is 2.01. The summed E-state index contributed by atoms with van der Waals surface area (Å²) < 4.78 is 19.0. The van der Waals surface area contributed by atoms with Crippen molar-refractivity contribution in [3.8, 4) is 0 Å². The Kier molecular flexibility index (Phi) is 12.3. The molecule has 7 heteroatoms. The minimum Gasteiger partial charge on any atom is -0.462 e. The minimum atomic E-state index is -4.41. The van der Waals surface area contributed by atoms with Gasteiger partial charge in [0.2, 0.25) is 0 Å². The van der Waals surface area contributed by atoms with Crippen LogP contribution in [0.4, 0.5) is 0 Å². The Balaban J connectivity index is -0.000000845. The Bertz CT molecular complexity index is 257. The highest BCUT2D eigenvalue weighted by atomic mass is 31.2. The third kappa shape index (κ3) is 13.3. The number of phosphoric ester groups is 1. The molecule has 0 aliphatic heterocycles. The first-order valence-corrected chi connectivity index (χ1v) is 5.38. The highest BCUT2D eigenvalue weighted by Gasteiger charge is 2.12. The van der Waals surface area contributed by atoms with Gasteiger partial charge in [0.25, 0.3) is 0 Å². The standard InChI is InChI=1S/C7H13O6P.2CH4/c1-6(2)7(8)12-4-3-5-13-14(9,10)11;;/h1,3-5H2,2H3,(H2,9,10,11);2*1H4. The fraction of sp³-hybridized carbons (Fsp3) is 0.667. The zero-order valence-corrected chi connectivity index (χ0v) is 8.70. The Hall–Kier alpha value is -0.680. The molecular weight excluding hydrogens is 235 g/mol. The van der Waals surface area contributed by atoms with E-state index in [1.165, 1.54) is 6.92 Å². The highest BCUT2D eigenvalue weighted by molar-refractivity contribution is 7.46. The third-order valence-electron chi connectivity index (χ3n) is 1.13. The molecule has 0 saturated heterocycles. The molecular formula is C9H21O6P. The van der Waals surface area contributed by atoms with Gasteiger partial charge in [0.1, 0.15) is 0 Å². The van der Waals surface area contributed by atoms with Crippen LogP contribution < -0.4 is 0 Å². The van der Waals surface area contributed by atoms with E-state index in [2.05, 4.69) is 15.8 Å². The first kappa shape index (κ1) is 20.7. The maximum absolute atomic E-state index is 10.8. The lowest BCUT2D eigenvalue weighted by molar-refractivity contribution is -0.139. The van der Waals surface area contributed by atoms with Crippen LogP contribution in [-0.2, 0) is 18.6 Å². The van der Waals surface area contributed by atoms with Crippen molar-refractivity contribution in [2.24, 2.45) is 0 Å². The van der Waals surface area contributed by atoms with Crippen LogP contribution in [0.25, 0.3) is 0 Å². The number of phosphoric acid groups is 1. The van der Waals surface area contributed by atoms with Crippen LogP contribution in [-0.4, -0.2) is 29.0 Å². The zero-order valence-electron chi connectivity index (χ0n) is 7.80. The van der Waals surface area contributed by atoms with E-state index < -0.39 is 13.8 Å². The molecule has 0 aromatic rings. The molecule has 0 rings (SSSR count). The minimum absolute atomic E-state index is 0. The Morgan fingerprint density at radius 3 is 2.19 bits per heavy atom. The Morgan fingerprint density at radius 1 is 1.31 bits per heavy atom. The molecule has 0 spiro atoms. The van der Waals surface area contributed by atoms with Crippen molar-refractivity contribution >= 4 is 13.8 Å². The summed E-state index contributed by atoms with van der Waals surface area (Å²) in [7, 11) is -4.41. The van der Waals surface area contributed by atoms with Crippen molar-refractivity contribution in [3.63, 3.8) is 0 Å². The fourth-order valence-electron chi connectivity index (χ4n) is 0.530. The first-order chi connectivity index (χ1) is 6.33. The summed E-state index contributed by atoms with van der Waals surface area (Å²) in [6, 6.07) is 0. The summed E-state index contributed by atoms with van der Waals surface area (Å²) in [4.78, 5) is 27.3. The molecule has 16 heavy (non-hydrogen) atoms. The van der Waals surface area contributed by atoms with Crippen molar-refractivity contribution in [1.29, 1.82) is 0 Å². The maximum atomic E-state index is 10.8. The number of carbonyl (C=O) groups is 1. The molecule has 0 fully saturated rings. The van der Waals surface area contributed by atoms with Gasteiger partial charge in [-0.05, 0) is 6.92 Å². The molecule has 0 amide bonds. The van der Waals surface area contributed by atoms with Crippen molar-refractivity contribution in [1.82, 2.24) is 0 Å². The fourth-order valence-corrected chi connectivity index (χ4v) is 0.897. The van der Waals surface area contributed by atoms with E-state index in [1.807, 2.05) is 0 Å². The monoisotopic (exact) mass is 256 g/mol. The molecule has 0 aromatic heterocycles. The van der Waals surface area contributed by atoms with Crippen molar-refractivity contribution in [3.05, 3.63) is 12.2 Å². The van der Waals surface area contributed by atoms with Gasteiger partial charge in [0.15, 0.2) is 0 Å². The predicted molar refractivity (Wildman–Crippen MR) is 61.8 cm³/mol. The lowest BCUT2D eigenvalue weighted by Crippen LogP contribution is -2.07. The van der Waals surface area contributed by atoms with Gasteiger partial charge in [-0.2, -0.15) is 0 Å². The molecule has 6 nitrogen and oxygen atoms in total. The number of carbonyl (C=O) groups excluding carboxylic acids is 1. The van der Waals surface area contributed by atoms with Gasteiger partial charge >= 0.3 is 13.8 Å². The largest absolute Gasteiger partial charge is 0.469 e. The van der Waals surface area contributed by atoms with E-state index in [1.54, 1.807) is 0 Å². The molecule has 2 N–H and O–H groups in total. The number of esters is 1. The topological polar surface area (TPSA) is 93.1 Å². The molecule has 0 heterocycles. The number of ether oxygens (including phenoxy) is 1. The second kappa shape index (κ2) is 9.54. The lowest BCUT2D eigenvalue weighted by Gasteiger charge is -2.05. The van der Waals surface area contributed by atoms with Gasteiger partial charge in [-0.1, -0.05) is 21.4 Å². The van der Waals surface area contributed by atoms with Gasteiger partial charge in [0, 0.05) is 12.0 Å². The lowest BCUT2D eigenvalue weighted by atomic mass is 10.4. The van der Waals surface area contributed by atoms with Gasteiger partial charge in [-0.15, -0.1) is 0 Å². The summed E-state index contributed by atoms with van der Waals surface area (Å²) in [6.07, 6.45) is 0.226. The van der Waals surface area contributed by atoms with E-state index in [0.29, 0.717) is 0 Å². The molecule has 0 radical (unpaired) electrons. The molecule has 0 aromatic carbocycles. The summed E-state index contributed by atoms with van der Waals surface area (Å²) >= 11 is 0. The van der Waals surface area contributed by atoms with Crippen molar-refractivity contribution < 1.29 is 28.4 Å². The predicted octanol–water partition coefficient (Wildman–Crippen LogP) is 1.88. The van der Waals surface area contributed by atoms with E-state index in [9.17, 15) is 9.36 Å². The van der Waals surface area contributed by atoms with E-state index in [4.69, 9.17) is 9.79 Å². The molecule has 0 atom stereocenters. The van der Waals surface area contributed by atoms with E-state index >= 15 is 0 Å². The summed E-state index contributed by atoms with van der Waals surface area (Å²) in [5.74, 6) is -0.527. The van der Waals surface area contributed by atoms with E-state index in [0.717, 1.165) is 0 Å². The van der Waals surface area contributed by atoms with Crippen molar-refractivity contribution in [2.75, 3.05) is 13.2 Å². The molecule has 0 unspecified atom stereocenters.